The highest BCUT2D eigenvalue weighted by Gasteiger charge is 2.22. The molecule has 0 aliphatic carbocycles. The van der Waals surface area contributed by atoms with Crippen LogP contribution in [0.4, 0.5) is 0 Å². The van der Waals surface area contributed by atoms with Crippen LogP contribution in [0.5, 0.6) is 5.75 Å². The van der Waals surface area contributed by atoms with E-state index in [1.807, 2.05) is 0 Å². The highest BCUT2D eigenvalue weighted by Crippen LogP contribution is 2.33. The van der Waals surface area contributed by atoms with Crippen LogP contribution in [0, 0.1) is 6.92 Å². The summed E-state index contributed by atoms with van der Waals surface area (Å²) in [6.45, 7) is 4.14. The first kappa shape index (κ1) is 12.2. The Bertz CT molecular complexity index is 592. The molecule has 0 aromatic heterocycles. The Morgan fingerprint density at radius 2 is 1.95 bits per heavy atom. The molecule has 0 spiro atoms. The molecule has 0 bridgehead atoms. The third kappa shape index (κ3) is 2.24. The minimum absolute atomic E-state index is 0.441. The number of ether oxygens (including phenoxy) is 1. The van der Waals surface area contributed by atoms with Crippen LogP contribution in [-0.4, -0.2) is 13.7 Å². The van der Waals surface area contributed by atoms with Crippen molar-refractivity contribution in [3.05, 3.63) is 64.7 Å². The summed E-state index contributed by atoms with van der Waals surface area (Å²) in [6, 6.07) is 15.1. The number of rotatable bonds is 2. The smallest absolute Gasteiger partial charge is 0.119 e. The Labute approximate surface area is 114 Å². The number of aryl methyl sites for hydroxylation is 1. The van der Waals surface area contributed by atoms with Gasteiger partial charge in [0, 0.05) is 19.0 Å². The summed E-state index contributed by atoms with van der Waals surface area (Å²) in [4.78, 5) is 0. The van der Waals surface area contributed by atoms with Crippen LogP contribution < -0.4 is 10.1 Å². The van der Waals surface area contributed by atoms with Crippen LogP contribution in [0.2, 0.25) is 0 Å². The van der Waals surface area contributed by atoms with Crippen molar-refractivity contribution in [1.29, 1.82) is 0 Å². The molecule has 0 fully saturated rings. The van der Waals surface area contributed by atoms with E-state index in [-0.39, 0.29) is 0 Å². The number of nitrogens with one attached hydrogen (secondary N) is 1. The molecule has 1 N–H and O–H groups in total. The Kier molecular flexibility index (Phi) is 3.26. The van der Waals surface area contributed by atoms with Gasteiger partial charge in [0.2, 0.25) is 0 Å². The van der Waals surface area contributed by atoms with Gasteiger partial charge in [-0.05, 0) is 41.3 Å². The molecule has 1 aliphatic heterocycles. The van der Waals surface area contributed by atoms with Crippen LogP contribution in [-0.2, 0) is 6.54 Å². The summed E-state index contributed by atoms with van der Waals surface area (Å²) in [5.41, 5.74) is 5.55. The fourth-order valence-corrected chi connectivity index (χ4v) is 2.94. The maximum absolute atomic E-state index is 5.29. The predicted octanol–water partition coefficient (Wildman–Crippen LogP) is 3.24. The summed E-state index contributed by atoms with van der Waals surface area (Å²) in [5, 5.41) is 3.51. The van der Waals surface area contributed by atoms with Gasteiger partial charge in [-0.15, -0.1) is 0 Å². The van der Waals surface area contributed by atoms with Gasteiger partial charge in [0.05, 0.1) is 7.11 Å². The second kappa shape index (κ2) is 5.06. The molecule has 0 amide bonds. The lowest BCUT2D eigenvalue weighted by Crippen LogP contribution is -2.29. The van der Waals surface area contributed by atoms with E-state index in [1.165, 1.54) is 22.3 Å². The molecule has 1 heterocycles. The van der Waals surface area contributed by atoms with Crippen molar-refractivity contribution in [3.8, 4) is 5.75 Å². The molecule has 2 aromatic carbocycles. The van der Waals surface area contributed by atoms with E-state index in [0.717, 1.165) is 18.8 Å². The van der Waals surface area contributed by atoms with Crippen molar-refractivity contribution in [2.75, 3.05) is 13.7 Å². The van der Waals surface area contributed by atoms with Crippen molar-refractivity contribution >= 4 is 0 Å². The second-order valence-corrected chi connectivity index (χ2v) is 5.10. The molecule has 0 saturated carbocycles. The zero-order valence-electron chi connectivity index (χ0n) is 11.4. The third-order valence-electron chi connectivity index (χ3n) is 3.95. The van der Waals surface area contributed by atoms with Crippen molar-refractivity contribution in [3.63, 3.8) is 0 Å². The molecule has 2 heteroatoms. The van der Waals surface area contributed by atoms with Gasteiger partial charge in [-0.1, -0.05) is 30.3 Å². The van der Waals surface area contributed by atoms with Crippen molar-refractivity contribution in [2.24, 2.45) is 0 Å². The number of methoxy groups -OCH3 is 1. The van der Waals surface area contributed by atoms with Crippen molar-refractivity contribution in [1.82, 2.24) is 5.32 Å². The topological polar surface area (TPSA) is 21.3 Å². The van der Waals surface area contributed by atoms with Crippen LogP contribution >= 0.6 is 0 Å². The molecule has 2 aromatic rings. The highest BCUT2D eigenvalue weighted by molar-refractivity contribution is 5.45. The van der Waals surface area contributed by atoms with E-state index in [0.29, 0.717) is 5.92 Å². The Morgan fingerprint density at radius 1 is 1.11 bits per heavy atom. The number of fused-ring (bicyclic) bond motifs is 1. The van der Waals surface area contributed by atoms with Gasteiger partial charge in [0.1, 0.15) is 5.75 Å². The molecular weight excluding hydrogens is 234 g/mol. The zero-order valence-corrected chi connectivity index (χ0v) is 11.4. The van der Waals surface area contributed by atoms with Gasteiger partial charge >= 0.3 is 0 Å². The van der Waals surface area contributed by atoms with Gasteiger partial charge in [0.25, 0.3) is 0 Å². The van der Waals surface area contributed by atoms with Crippen molar-refractivity contribution < 1.29 is 4.74 Å². The normalized spacial score (nSPS) is 17.9. The zero-order chi connectivity index (χ0) is 13.2. The molecule has 0 saturated heterocycles. The molecule has 98 valence electrons. The van der Waals surface area contributed by atoms with Crippen molar-refractivity contribution in [2.45, 2.75) is 19.4 Å². The van der Waals surface area contributed by atoms with E-state index in [2.05, 4.69) is 54.7 Å². The largest absolute Gasteiger partial charge is 0.497 e. The fourth-order valence-electron chi connectivity index (χ4n) is 2.94. The lowest BCUT2D eigenvalue weighted by atomic mass is 9.83. The van der Waals surface area contributed by atoms with Gasteiger partial charge in [-0.2, -0.15) is 0 Å². The maximum Gasteiger partial charge on any atom is 0.119 e. The molecule has 2 nitrogen and oxygen atoms in total. The summed E-state index contributed by atoms with van der Waals surface area (Å²) < 4.78 is 5.29. The average Bonchev–Trinajstić information content (AvgIpc) is 2.46. The van der Waals surface area contributed by atoms with E-state index in [9.17, 15) is 0 Å². The van der Waals surface area contributed by atoms with Gasteiger partial charge < -0.3 is 10.1 Å². The molecule has 1 aliphatic rings. The maximum atomic E-state index is 5.29. The minimum Gasteiger partial charge on any atom is -0.497 e. The molecule has 1 unspecified atom stereocenters. The van der Waals surface area contributed by atoms with Crippen LogP contribution in [0.3, 0.4) is 0 Å². The molecule has 19 heavy (non-hydrogen) atoms. The summed E-state index contributed by atoms with van der Waals surface area (Å²) >= 11 is 0. The predicted molar refractivity (Wildman–Crippen MR) is 77.7 cm³/mol. The first-order valence-corrected chi connectivity index (χ1v) is 6.72. The van der Waals surface area contributed by atoms with Crippen LogP contribution in [0.15, 0.2) is 42.5 Å². The molecule has 0 radical (unpaired) electrons. The standard InChI is InChI=1S/C17H19NO/c1-12-9-14(19-2)7-8-15(12)17-11-18-10-13-5-3-4-6-16(13)17/h3-9,17-18H,10-11H2,1-2H3. The number of benzene rings is 2. The average molecular weight is 253 g/mol. The van der Waals surface area contributed by atoms with Gasteiger partial charge in [-0.3, -0.25) is 0 Å². The molecular formula is C17H19NO. The molecule has 1 atom stereocenters. The summed E-state index contributed by atoms with van der Waals surface area (Å²) in [7, 11) is 1.71. The Morgan fingerprint density at radius 3 is 2.74 bits per heavy atom. The quantitative estimate of drug-likeness (QED) is 0.887. The Balaban J connectivity index is 2.04. The summed E-state index contributed by atoms with van der Waals surface area (Å²) in [5.74, 6) is 1.37. The van der Waals surface area contributed by atoms with E-state index < -0.39 is 0 Å². The van der Waals surface area contributed by atoms with E-state index in [1.54, 1.807) is 7.11 Å². The van der Waals surface area contributed by atoms with Gasteiger partial charge in [-0.25, -0.2) is 0 Å². The highest BCUT2D eigenvalue weighted by atomic mass is 16.5. The Hall–Kier alpha value is -1.80. The summed E-state index contributed by atoms with van der Waals surface area (Å²) in [6.07, 6.45) is 0. The minimum atomic E-state index is 0.441. The van der Waals surface area contributed by atoms with Crippen LogP contribution in [0.25, 0.3) is 0 Å². The number of hydrogen-bond acceptors (Lipinski definition) is 2. The third-order valence-corrected chi connectivity index (χ3v) is 3.95. The monoisotopic (exact) mass is 253 g/mol. The first-order valence-electron chi connectivity index (χ1n) is 6.72. The number of hydrogen-bond donors (Lipinski definition) is 1. The van der Waals surface area contributed by atoms with E-state index >= 15 is 0 Å². The lowest BCUT2D eigenvalue weighted by molar-refractivity contribution is 0.414. The van der Waals surface area contributed by atoms with E-state index in [4.69, 9.17) is 4.74 Å². The second-order valence-electron chi connectivity index (χ2n) is 5.10. The lowest BCUT2D eigenvalue weighted by Gasteiger charge is -2.28. The SMILES string of the molecule is COc1ccc(C2CNCc3ccccc32)c(C)c1. The molecule has 3 rings (SSSR count). The first-order chi connectivity index (χ1) is 9.29. The van der Waals surface area contributed by atoms with Crippen LogP contribution in [0.1, 0.15) is 28.2 Å². The van der Waals surface area contributed by atoms with Gasteiger partial charge in [0.15, 0.2) is 0 Å². The fraction of sp³-hybridized carbons (Fsp3) is 0.294.